The van der Waals surface area contributed by atoms with Crippen LogP contribution in [0.5, 0.6) is 5.88 Å². The number of hydrogen-bond acceptors (Lipinski definition) is 10. The summed E-state index contributed by atoms with van der Waals surface area (Å²) in [7, 11) is 1.83. The first kappa shape index (κ1) is 42.8. The molecule has 0 radical (unpaired) electrons. The molecule has 8 rings (SSSR count). The zero-order chi connectivity index (χ0) is 43.8. The molecule has 62 heavy (non-hydrogen) atoms. The van der Waals surface area contributed by atoms with E-state index in [9.17, 15) is 19.2 Å². The summed E-state index contributed by atoms with van der Waals surface area (Å²) in [6, 6.07) is 11.7. The van der Waals surface area contributed by atoms with Crippen LogP contribution in [0.2, 0.25) is 0 Å². The average molecular weight is 852 g/mol. The lowest BCUT2D eigenvalue weighted by atomic mass is 9.89. The average Bonchev–Trinajstić information content (AvgIpc) is 3.77. The minimum atomic E-state index is -1.03. The van der Waals surface area contributed by atoms with Gasteiger partial charge in [0.1, 0.15) is 11.6 Å². The number of aryl methyl sites for hydroxylation is 2. The van der Waals surface area contributed by atoms with E-state index in [1.807, 2.05) is 50.9 Å². The topological polar surface area (TPSA) is 154 Å². The maximum absolute atomic E-state index is 15.2. The van der Waals surface area contributed by atoms with Crippen molar-refractivity contribution in [3.8, 4) is 17.1 Å². The Kier molecular flexibility index (Phi) is 12.3. The molecule has 16 heteroatoms. The van der Waals surface area contributed by atoms with Gasteiger partial charge < -0.3 is 30.1 Å². The zero-order valence-electron chi connectivity index (χ0n) is 36.0. The lowest BCUT2D eigenvalue weighted by Crippen LogP contribution is -2.51. The Balaban J connectivity index is 0.940. The van der Waals surface area contributed by atoms with Crippen LogP contribution in [0.3, 0.4) is 0 Å². The highest BCUT2D eigenvalue weighted by Crippen LogP contribution is 2.38. The molecule has 0 aliphatic carbocycles. The second-order valence-electron chi connectivity index (χ2n) is 17.5. The number of benzene rings is 2. The third kappa shape index (κ3) is 8.88. The van der Waals surface area contributed by atoms with Crippen molar-refractivity contribution >= 4 is 35.0 Å². The Morgan fingerprint density at radius 2 is 1.76 bits per heavy atom. The summed E-state index contributed by atoms with van der Waals surface area (Å²) in [5.74, 6) is -3.19. The van der Waals surface area contributed by atoms with Crippen molar-refractivity contribution in [2.75, 3.05) is 43.0 Å². The lowest BCUT2D eigenvalue weighted by molar-refractivity contribution is -0.134. The van der Waals surface area contributed by atoms with E-state index in [-0.39, 0.29) is 48.2 Å². The van der Waals surface area contributed by atoms with Gasteiger partial charge in [0.25, 0.3) is 11.8 Å². The van der Waals surface area contributed by atoms with Crippen LogP contribution in [0, 0.1) is 24.5 Å². The van der Waals surface area contributed by atoms with Gasteiger partial charge in [0.2, 0.25) is 17.7 Å². The van der Waals surface area contributed by atoms with E-state index in [2.05, 4.69) is 37.8 Å². The molecule has 0 saturated carbocycles. The molecule has 4 aliphatic heterocycles. The second-order valence-corrected chi connectivity index (χ2v) is 17.5. The predicted octanol–water partition coefficient (Wildman–Crippen LogP) is 5.90. The summed E-state index contributed by atoms with van der Waals surface area (Å²) in [5.41, 5.74) is 4.92. The molecule has 3 atom stereocenters. The molecular formula is C46H55F2N9O5. The van der Waals surface area contributed by atoms with E-state index < -0.39 is 35.7 Å². The SMILES string of the molecule is Cc1cc2cc(n1)-c1cnn(C)c1OCCC[C@@H](C)CN1c3cc(C(=O)N(C(C)C)C4CCN(CCc5cc(F)c([C@H]6CCC(=O)NC6=O)c(F)c5)CC4)ccc3NC1NC2=O. The number of fused-ring (bicyclic) bond motifs is 7. The first-order valence-corrected chi connectivity index (χ1v) is 21.7. The maximum atomic E-state index is 15.2. The quantitative estimate of drug-likeness (QED) is 0.192. The van der Waals surface area contributed by atoms with E-state index in [0.717, 1.165) is 42.6 Å². The van der Waals surface area contributed by atoms with Crippen molar-refractivity contribution in [2.24, 2.45) is 13.0 Å². The van der Waals surface area contributed by atoms with Crippen LogP contribution in [0.1, 0.15) is 103 Å². The van der Waals surface area contributed by atoms with Crippen LogP contribution >= 0.6 is 0 Å². The van der Waals surface area contributed by atoms with Crippen molar-refractivity contribution in [3.63, 3.8) is 0 Å². The van der Waals surface area contributed by atoms with Crippen LogP contribution in [0.15, 0.2) is 48.7 Å². The molecule has 1 unspecified atom stereocenters. The predicted molar refractivity (Wildman–Crippen MR) is 230 cm³/mol. The molecule has 4 amide bonds. The van der Waals surface area contributed by atoms with E-state index in [1.165, 1.54) is 12.1 Å². The molecule has 14 nitrogen and oxygen atoms in total. The first-order valence-electron chi connectivity index (χ1n) is 21.7. The van der Waals surface area contributed by atoms with E-state index >= 15 is 8.78 Å². The molecule has 3 N–H and O–H groups in total. The number of amides is 4. The van der Waals surface area contributed by atoms with E-state index in [1.54, 1.807) is 23.0 Å². The lowest BCUT2D eigenvalue weighted by Gasteiger charge is -2.41. The van der Waals surface area contributed by atoms with Crippen molar-refractivity contribution in [1.82, 2.24) is 35.2 Å². The molecule has 0 spiro atoms. The molecule has 4 aromatic rings. The van der Waals surface area contributed by atoms with Gasteiger partial charge in [-0.3, -0.25) is 29.5 Å². The molecule has 2 fully saturated rings. The van der Waals surface area contributed by atoms with Gasteiger partial charge in [-0.1, -0.05) is 6.92 Å². The normalized spacial score (nSPS) is 21.1. The van der Waals surface area contributed by atoms with Crippen LogP contribution < -0.4 is 25.6 Å². The minimum Gasteiger partial charge on any atom is -0.477 e. The number of rotatable bonds is 7. The number of halogens is 2. The molecule has 2 bridgehead atoms. The third-order valence-electron chi connectivity index (χ3n) is 12.6. The zero-order valence-corrected chi connectivity index (χ0v) is 36.0. The highest BCUT2D eigenvalue weighted by molar-refractivity contribution is 6.01. The largest absolute Gasteiger partial charge is 0.477 e. The fourth-order valence-corrected chi connectivity index (χ4v) is 9.41. The van der Waals surface area contributed by atoms with Crippen LogP contribution in [-0.4, -0.2) is 99.4 Å². The summed E-state index contributed by atoms with van der Waals surface area (Å²) < 4.78 is 38.3. The highest BCUT2D eigenvalue weighted by atomic mass is 19.1. The van der Waals surface area contributed by atoms with Crippen LogP contribution in [0.4, 0.5) is 20.2 Å². The Morgan fingerprint density at radius 1 is 1.00 bits per heavy atom. The van der Waals surface area contributed by atoms with Crippen LogP contribution in [-0.2, 0) is 23.1 Å². The Bertz CT molecular complexity index is 2350. The summed E-state index contributed by atoms with van der Waals surface area (Å²) in [6.45, 7) is 11.2. The molecule has 2 saturated heterocycles. The van der Waals surface area contributed by atoms with E-state index in [0.29, 0.717) is 73.2 Å². The monoisotopic (exact) mass is 851 g/mol. The number of carbonyl (C=O) groups excluding carboxylic acids is 4. The van der Waals surface area contributed by atoms with Gasteiger partial charge >= 0.3 is 0 Å². The molecule has 328 valence electrons. The Hall–Kier alpha value is -5.90. The van der Waals surface area contributed by atoms with Gasteiger partial charge in [0.05, 0.1) is 41.4 Å². The van der Waals surface area contributed by atoms with Crippen molar-refractivity contribution in [2.45, 2.75) is 96.9 Å². The summed E-state index contributed by atoms with van der Waals surface area (Å²) in [6.07, 6.45) is 4.85. The number of carbonyl (C=O) groups is 4. The number of ether oxygens (including phenoxy) is 1. The van der Waals surface area contributed by atoms with Crippen molar-refractivity contribution < 1.29 is 32.7 Å². The number of nitrogens with one attached hydrogen (secondary N) is 3. The molecule has 2 aromatic carbocycles. The number of pyridine rings is 1. The molecule has 6 heterocycles. The number of imide groups is 1. The number of aromatic nitrogens is 3. The summed E-state index contributed by atoms with van der Waals surface area (Å²) in [5, 5.41) is 13.3. The van der Waals surface area contributed by atoms with Crippen molar-refractivity contribution in [3.05, 3.63) is 88.2 Å². The fraction of sp³-hybridized carbons (Fsp3) is 0.478. The highest BCUT2D eigenvalue weighted by Gasteiger charge is 2.36. The Morgan fingerprint density at radius 3 is 2.48 bits per heavy atom. The maximum Gasteiger partial charge on any atom is 0.254 e. The van der Waals surface area contributed by atoms with Gasteiger partial charge in [-0.15, -0.1) is 0 Å². The molecule has 4 aliphatic rings. The van der Waals surface area contributed by atoms with Gasteiger partial charge in [-0.05, 0) is 113 Å². The number of likely N-dealkylation sites (tertiary alicyclic amines) is 1. The van der Waals surface area contributed by atoms with Gasteiger partial charge in [0, 0.05) is 74.1 Å². The smallest absolute Gasteiger partial charge is 0.254 e. The first-order chi connectivity index (χ1) is 29.7. The third-order valence-corrected chi connectivity index (χ3v) is 12.6. The molecular weight excluding hydrogens is 797 g/mol. The molecule has 2 aromatic heterocycles. The van der Waals surface area contributed by atoms with E-state index in [4.69, 9.17) is 9.72 Å². The van der Waals surface area contributed by atoms with Gasteiger partial charge in [0.15, 0.2) is 6.29 Å². The number of hydrogen-bond donors (Lipinski definition) is 3. The Labute approximate surface area is 360 Å². The standard InChI is InChI=1S/C46H55F2N9O5/c1-26(2)57(32-13-16-55(17-14-32)15-12-29-20-35(47)41(36(48)21-29)33-9-11-40(58)52-43(33)60)44(61)30-8-10-37-39(23-30)56-25-27(3)7-6-18-62-45-34(24-49-54(45)5)38-22-31(19-28(4)50-38)42(59)53-46(56)51-37/h8,10,19-24,26-27,32-33,46,51H,6-7,9,11-18,25H2,1-5H3,(H,53,59)(H,52,58,60)/t27-,33-,46?/m1/s1. The summed E-state index contributed by atoms with van der Waals surface area (Å²) >= 11 is 0. The summed E-state index contributed by atoms with van der Waals surface area (Å²) in [4.78, 5) is 63.4. The number of piperidine rings is 2. The number of nitrogens with zero attached hydrogens (tertiary/aromatic N) is 6. The minimum absolute atomic E-state index is 0.00326. The second kappa shape index (κ2) is 17.8. The van der Waals surface area contributed by atoms with Crippen LogP contribution in [0.25, 0.3) is 11.3 Å². The number of anilines is 2. The van der Waals surface area contributed by atoms with Crippen molar-refractivity contribution in [1.29, 1.82) is 0 Å². The van der Waals surface area contributed by atoms with Gasteiger partial charge in [-0.2, -0.15) is 5.10 Å². The fourth-order valence-electron chi connectivity index (χ4n) is 9.41. The van der Waals surface area contributed by atoms with Gasteiger partial charge in [-0.25, -0.2) is 13.5 Å².